The minimum Gasteiger partial charge on any atom is -0.454 e. The third kappa shape index (κ3) is 3.57. The van der Waals surface area contributed by atoms with E-state index in [1.807, 2.05) is 0 Å². The van der Waals surface area contributed by atoms with Crippen molar-refractivity contribution in [3.8, 4) is 11.5 Å². The van der Waals surface area contributed by atoms with Crippen molar-refractivity contribution in [2.75, 3.05) is 17.4 Å². The predicted molar refractivity (Wildman–Crippen MR) is 99.2 cm³/mol. The summed E-state index contributed by atoms with van der Waals surface area (Å²) < 4.78 is 10.6. The highest BCUT2D eigenvalue weighted by atomic mass is 16.7. The van der Waals surface area contributed by atoms with E-state index in [1.165, 1.54) is 6.20 Å². The lowest BCUT2D eigenvalue weighted by Crippen LogP contribution is -2.18. The quantitative estimate of drug-likeness (QED) is 0.744. The number of carbonyl (C=O) groups is 2. The van der Waals surface area contributed by atoms with Gasteiger partial charge < -0.3 is 20.1 Å². The van der Waals surface area contributed by atoms with Gasteiger partial charge in [-0.1, -0.05) is 12.1 Å². The molecule has 0 radical (unpaired) electrons. The number of hydrogen-bond acceptors (Lipinski definition) is 5. The first-order chi connectivity index (χ1) is 13.2. The molecule has 27 heavy (non-hydrogen) atoms. The van der Waals surface area contributed by atoms with Crippen LogP contribution in [-0.2, 0) is 0 Å². The maximum atomic E-state index is 12.7. The van der Waals surface area contributed by atoms with Gasteiger partial charge in [-0.3, -0.25) is 14.6 Å². The van der Waals surface area contributed by atoms with Gasteiger partial charge in [0.15, 0.2) is 11.5 Å². The van der Waals surface area contributed by atoms with E-state index in [0.717, 1.165) is 0 Å². The molecule has 2 heterocycles. The van der Waals surface area contributed by atoms with Crippen LogP contribution in [0.3, 0.4) is 0 Å². The molecule has 0 saturated carbocycles. The number of para-hydroxylation sites is 1. The first-order valence-corrected chi connectivity index (χ1v) is 8.22. The topological polar surface area (TPSA) is 89.6 Å². The molecule has 2 aromatic carbocycles. The zero-order valence-electron chi connectivity index (χ0n) is 14.1. The van der Waals surface area contributed by atoms with Gasteiger partial charge in [0.1, 0.15) is 0 Å². The molecule has 4 rings (SSSR count). The molecule has 0 saturated heterocycles. The summed E-state index contributed by atoms with van der Waals surface area (Å²) in [5.74, 6) is 0.519. The van der Waals surface area contributed by atoms with Crippen molar-refractivity contribution in [1.29, 1.82) is 0 Å². The molecular formula is C20H15N3O4. The molecule has 7 heteroatoms. The summed E-state index contributed by atoms with van der Waals surface area (Å²) in [6.45, 7) is 0.163. The Hall–Kier alpha value is -3.87. The molecule has 0 fully saturated rings. The van der Waals surface area contributed by atoms with E-state index in [9.17, 15) is 9.59 Å². The van der Waals surface area contributed by atoms with Crippen LogP contribution in [0.15, 0.2) is 67.0 Å². The van der Waals surface area contributed by atoms with Gasteiger partial charge in [0.2, 0.25) is 6.79 Å². The third-order valence-electron chi connectivity index (χ3n) is 3.97. The van der Waals surface area contributed by atoms with Gasteiger partial charge in [0.05, 0.1) is 16.8 Å². The Bertz CT molecular complexity index is 1010. The fourth-order valence-electron chi connectivity index (χ4n) is 2.65. The van der Waals surface area contributed by atoms with Crippen molar-refractivity contribution < 1.29 is 19.1 Å². The molecule has 134 valence electrons. The van der Waals surface area contributed by atoms with Crippen molar-refractivity contribution >= 4 is 23.2 Å². The molecule has 1 aliphatic heterocycles. The molecule has 0 spiro atoms. The molecule has 2 amide bonds. The summed E-state index contributed by atoms with van der Waals surface area (Å²) in [5.41, 5.74) is 1.72. The minimum atomic E-state index is -0.351. The molecule has 0 bridgehead atoms. The number of carbonyl (C=O) groups excluding carboxylic acids is 2. The van der Waals surface area contributed by atoms with Gasteiger partial charge in [-0.25, -0.2) is 0 Å². The number of fused-ring (bicyclic) bond motifs is 1. The Kier molecular flexibility index (Phi) is 4.40. The van der Waals surface area contributed by atoms with Crippen LogP contribution in [0.2, 0.25) is 0 Å². The van der Waals surface area contributed by atoms with Gasteiger partial charge in [0.25, 0.3) is 11.8 Å². The first-order valence-electron chi connectivity index (χ1n) is 8.22. The van der Waals surface area contributed by atoms with E-state index in [0.29, 0.717) is 34.0 Å². The third-order valence-corrected chi connectivity index (χ3v) is 3.97. The SMILES string of the molecule is O=C(Nc1ccccc1C(=O)Nc1ccc2c(c1)OCO2)c1cccnc1. The predicted octanol–water partition coefficient (Wildman–Crippen LogP) is 3.31. The maximum absolute atomic E-state index is 12.7. The van der Waals surface area contributed by atoms with Crippen molar-refractivity contribution in [2.24, 2.45) is 0 Å². The van der Waals surface area contributed by atoms with Crippen molar-refractivity contribution in [3.63, 3.8) is 0 Å². The van der Waals surface area contributed by atoms with Gasteiger partial charge in [0, 0.05) is 24.1 Å². The Morgan fingerprint density at radius 2 is 1.74 bits per heavy atom. The van der Waals surface area contributed by atoms with Gasteiger partial charge >= 0.3 is 0 Å². The molecule has 0 aliphatic carbocycles. The second-order valence-electron chi connectivity index (χ2n) is 5.76. The molecule has 0 atom stereocenters. The summed E-state index contributed by atoms with van der Waals surface area (Å²) in [5, 5.41) is 5.55. The summed E-state index contributed by atoms with van der Waals surface area (Å²) in [6.07, 6.45) is 3.05. The monoisotopic (exact) mass is 361 g/mol. The number of aromatic nitrogens is 1. The van der Waals surface area contributed by atoms with Crippen LogP contribution < -0.4 is 20.1 Å². The van der Waals surface area contributed by atoms with Crippen LogP contribution in [0.5, 0.6) is 11.5 Å². The standard InChI is InChI=1S/C20H15N3O4/c24-19(13-4-3-9-21-11-13)23-16-6-2-1-5-15(16)20(25)22-14-7-8-17-18(10-14)27-12-26-17/h1-11H,12H2,(H,22,25)(H,23,24). The van der Waals surface area contributed by atoms with E-state index in [2.05, 4.69) is 15.6 Å². The molecular weight excluding hydrogens is 346 g/mol. The van der Waals surface area contributed by atoms with Gasteiger partial charge in [-0.15, -0.1) is 0 Å². The fraction of sp³-hybridized carbons (Fsp3) is 0.0500. The van der Waals surface area contributed by atoms with Crippen molar-refractivity contribution in [2.45, 2.75) is 0 Å². The van der Waals surface area contributed by atoms with Crippen LogP contribution in [0.4, 0.5) is 11.4 Å². The molecule has 2 N–H and O–H groups in total. The Balaban J connectivity index is 1.53. The maximum Gasteiger partial charge on any atom is 0.257 e. The van der Waals surface area contributed by atoms with Crippen LogP contribution in [0, 0.1) is 0 Å². The average Bonchev–Trinajstić information content (AvgIpc) is 3.17. The Morgan fingerprint density at radius 3 is 2.59 bits per heavy atom. The number of pyridine rings is 1. The highest BCUT2D eigenvalue weighted by molar-refractivity contribution is 6.12. The lowest BCUT2D eigenvalue weighted by molar-refractivity contribution is 0.102. The van der Waals surface area contributed by atoms with Gasteiger partial charge in [-0.05, 0) is 36.4 Å². The molecule has 1 aromatic heterocycles. The van der Waals surface area contributed by atoms with E-state index >= 15 is 0 Å². The fourth-order valence-corrected chi connectivity index (χ4v) is 2.65. The van der Waals surface area contributed by atoms with E-state index < -0.39 is 0 Å². The normalized spacial score (nSPS) is 11.7. The van der Waals surface area contributed by atoms with E-state index in [1.54, 1.807) is 60.8 Å². The van der Waals surface area contributed by atoms with Crippen LogP contribution in [0.25, 0.3) is 0 Å². The summed E-state index contributed by atoms with van der Waals surface area (Å²) in [7, 11) is 0. The number of anilines is 2. The summed E-state index contributed by atoms with van der Waals surface area (Å²) in [6, 6.07) is 15.3. The minimum absolute atomic E-state index is 0.163. The largest absolute Gasteiger partial charge is 0.454 e. The lowest BCUT2D eigenvalue weighted by atomic mass is 10.1. The summed E-state index contributed by atoms with van der Waals surface area (Å²) >= 11 is 0. The number of nitrogens with zero attached hydrogens (tertiary/aromatic N) is 1. The molecule has 3 aromatic rings. The lowest BCUT2D eigenvalue weighted by Gasteiger charge is -2.12. The zero-order valence-corrected chi connectivity index (χ0v) is 14.1. The number of ether oxygens (including phenoxy) is 2. The van der Waals surface area contributed by atoms with Crippen molar-refractivity contribution in [3.05, 3.63) is 78.1 Å². The first kappa shape index (κ1) is 16.6. The number of nitrogens with one attached hydrogen (secondary N) is 2. The second-order valence-corrected chi connectivity index (χ2v) is 5.76. The Morgan fingerprint density at radius 1 is 0.889 bits per heavy atom. The summed E-state index contributed by atoms with van der Waals surface area (Å²) in [4.78, 5) is 29.0. The highest BCUT2D eigenvalue weighted by Crippen LogP contribution is 2.34. The smallest absolute Gasteiger partial charge is 0.257 e. The second kappa shape index (κ2) is 7.17. The average molecular weight is 361 g/mol. The van der Waals surface area contributed by atoms with Crippen LogP contribution >= 0.6 is 0 Å². The number of rotatable bonds is 4. The Labute approximate surface area is 155 Å². The number of benzene rings is 2. The van der Waals surface area contributed by atoms with Crippen LogP contribution in [-0.4, -0.2) is 23.6 Å². The van der Waals surface area contributed by atoms with Crippen molar-refractivity contribution in [1.82, 2.24) is 4.98 Å². The molecule has 0 unspecified atom stereocenters. The molecule has 1 aliphatic rings. The zero-order chi connectivity index (χ0) is 18.6. The van der Waals surface area contributed by atoms with Gasteiger partial charge in [-0.2, -0.15) is 0 Å². The number of hydrogen-bond donors (Lipinski definition) is 2. The highest BCUT2D eigenvalue weighted by Gasteiger charge is 2.17. The van der Waals surface area contributed by atoms with E-state index in [-0.39, 0.29) is 18.6 Å². The molecule has 7 nitrogen and oxygen atoms in total. The van der Waals surface area contributed by atoms with E-state index in [4.69, 9.17) is 9.47 Å². The number of amides is 2. The van der Waals surface area contributed by atoms with Crippen LogP contribution in [0.1, 0.15) is 20.7 Å².